The molecule has 0 radical (unpaired) electrons. The monoisotopic (exact) mass is 450 g/mol. The van der Waals surface area contributed by atoms with Gasteiger partial charge < -0.3 is 20.0 Å². The zero-order valence-corrected chi connectivity index (χ0v) is 18.7. The summed E-state index contributed by atoms with van der Waals surface area (Å²) in [6.45, 7) is 4.29. The van der Waals surface area contributed by atoms with Crippen LogP contribution >= 0.6 is 11.6 Å². The van der Waals surface area contributed by atoms with E-state index in [0.717, 1.165) is 51.5 Å². The number of nitrogens with zero attached hydrogens (tertiary/aromatic N) is 4. The summed E-state index contributed by atoms with van der Waals surface area (Å²) >= 11 is 6.47. The second kappa shape index (κ2) is 8.82. The van der Waals surface area contributed by atoms with E-state index in [1.54, 1.807) is 19.2 Å². The van der Waals surface area contributed by atoms with Gasteiger partial charge in [-0.2, -0.15) is 0 Å². The first kappa shape index (κ1) is 22.1. The van der Waals surface area contributed by atoms with Gasteiger partial charge in [-0.15, -0.1) is 0 Å². The highest BCUT2D eigenvalue weighted by molar-refractivity contribution is 6.33. The van der Waals surface area contributed by atoms with Gasteiger partial charge in [0.2, 0.25) is 5.91 Å². The lowest BCUT2D eigenvalue weighted by Crippen LogP contribution is -2.47. The predicted octanol–water partition coefficient (Wildman–Crippen LogP) is 3.36. The molecule has 0 bridgehead atoms. The van der Waals surface area contributed by atoms with Crippen molar-refractivity contribution in [1.29, 1.82) is 0 Å². The van der Waals surface area contributed by atoms with Gasteiger partial charge in [0.1, 0.15) is 5.82 Å². The van der Waals surface area contributed by atoms with Crippen molar-refractivity contribution in [2.24, 2.45) is 5.41 Å². The first-order chi connectivity index (χ1) is 14.8. The fourth-order valence-corrected chi connectivity index (χ4v) is 5.69. The van der Waals surface area contributed by atoms with Crippen LogP contribution in [0.25, 0.3) is 0 Å². The number of aromatic nitrogens is 1. The molecule has 3 fully saturated rings. The van der Waals surface area contributed by atoms with Crippen molar-refractivity contribution >= 4 is 35.1 Å². The Balaban J connectivity index is 1.41. The molecule has 9 heteroatoms. The molecule has 2 N–H and O–H groups in total. The van der Waals surface area contributed by atoms with Crippen LogP contribution in [0.15, 0.2) is 12.3 Å². The normalized spacial score (nSPS) is 25.8. The lowest BCUT2D eigenvalue weighted by Gasteiger charge is -2.40. The van der Waals surface area contributed by atoms with E-state index in [1.807, 2.05) is 0 Å². The van der Waals surface area contributed by atoms with Gasteiger partial charge in [-0.1, -0.05) is 11.6 Å². The molecule has 1 aromatic rings. The van der Waals surface area contributed by atoms with E-state index in [-0.39, 0.29) is 23.5 Å². The molecular formula is C22H31ClN4O4. The average molecular weight is 451 g/mol. The molecule has 1 saturated carbocycles. The van der Waals surface area contributed by atoms with Crippen LogP contribution in [0.5, 0.6) is 0 Å². The van der Waals surface area contributed by atoms with Gasteiger partial charge in [-0.25, -0.2) is 9.78 Å². The van der Waals surface area contributed by atoms with Crippen LogP contribution in [0.4, 0.5) is 16.3 Å². The largest absolute Gasteiger partial charge is 0.465 e. The Labute approximate surface area is 187 Å². The van der Waals surface area contributed by atoms with Gasteiger partial charge >= 0.3 is 6.09 Å². The number of hydrogen-bond acceptors (Lipinski definition) is 5. The van der Waals surface area contributed by atoms with Crippen molar-refractivity contribution in [2.45, 2.75) is 64.0 Å². The van der Waals surface area contributed by atoms with Crippen LogP contribution in [0.1, 0.15) is 51.9 Å². The maximum absolute atomic E-state index is 13.3. The third-order valence-corrected chi connectivity index (χ3v) is 7.62. The summed E-state index contributed by atoms with van der Waals surface area (Å²) in [6.07, 6.45) is 6.09. The van der Waals surface area contributed by atoms with Crippen molar-refractivity contribution in [3.63, 3.8) is 0 Å². The molecule has 0 aromatic carbocycles. The number of rotatable bonds is 4. The second-order valence-electron chi connectivity index (χ2n) is 9.00. The standard InChI is InChI=1S/C22H31ClN4O4/c1-2-26(21(30)31)16-13-18(23)19(24-14-16)25-10-7-22(8-11-25)9-12-27(20(22)29)15-3-5-17(28)6-4-15/h13-15,17,28H,2-12H2,1H3,(H,30,31). The zero-order chi connectivity index (χ0) is 22.2. The highest BCUT2D eigenvalue weighted by atomic mass is 35.5. The molecule has 2 saturated heterocycles. The van der Waals surface area contributed by atoms with Gasteiger partial charge in [0.15, 0.2) is 0 Å². The fraction of sp³-hybridized carbons (Fsp3) is 0.682. The summed E-state index contributed by atoms with van der Waals surface area (Å²) in [6, 6.07) is 1.92. The number of hydrogen-bond donors (Lipinski definition) is 2. The minimum Gasteiger partial charge on any atom is -0.465 e. The molecule has 170 valence electrons. The lowest BCUT2D eigenvalue weighted by molar-refractivity contribution is -0.139. The summed E-state index contributed by atoms with van der Waals surface area (Å²) < 4.78 is 0. The van der Waals surface area contributed by atoms with E-state index in [1.165, 1.54) is 4.90 Å². The average Bonchev–Trinajstić information content (AvgIpc) is 3.06. The summed E-state index contributed by atoms with van der Waals surface area (Å²) in [5.41, 5.74) is 0.165. The van der Waals surface area contributed by atoms with Crippen molar-refractivity contribution in [3.8, 4) is 0 Å². The quantitative estimate of drug-likeness (QED) is 0.730. The fourth-order valence-electron chi connectivity index (χ4n) is 5.41. The molecule has 0 atom stereocenters. The number of aliphatic hydroxyl groups is 1. The number of likely N-dealkylation sites (tertiary alicyclic amines) is 1. The Kier molecular flexibility index (Phi) is 6.30. The topological polar surface area (TPSA) is 97.2 Å². The molecular weight excluding hydrogens is 420 g/mol. The van der Waals surface area contributed by atoms with Crippen LogP contribution in [0.2, 0.25) is 5.02 Å². The molecule has 4 rings (SSSR count). The minimum absolute atomic E-state index is 0.213. The number of pyridine rings is 1. The highest BCUT2D eigenvalue weighted by Crippen LogP contribution is 2.44. The van der Waals surface area contributed by atoms with Gasteiger partial charge in [-0.05, 0) is 57.9 Å². The van der Waals surface area contributed by atoms with Gasteiger partial charge in [0, 0.05) is 32.2 Å². The maximum Gasteiger partial charge on any atom is 0.411 e. The molecule has 3 heterocycles. The number of amides is 2. The third kappa shape index (κ3) is 4.20. The molecule has 8 nitrogen and oxygen atoms in total. The summed E-state index contributed by atoms with van der Waals surface area (Å²) in [4.78, 5) is 34.5. The number of piperidine rings is 1. The van der Waals surface area contributed by atoms with Gasteiger partial charge in [0.05, 0.1) is 28.4 Å². The van der Waals surface area contributed by atoms with E-state index in [4.69, 9.17) is 11.6 Å². The molecule has 1 spiro atoms. The number of carbonyl (C=O) groups is 2. The zero-order valence-electron chi connectivity index (χ0n) is 18.0. The number of halogens is 1. The minimum atomic E-state index is -1.04. The van der Waals surface area contributed by atoms with Crippen molar-refractivity contribution in [1.82, 2.24) is 9.88 Å². The third-order valence-electron chi connectivity index (χ3n) is 7.34. The Morgan fingerprint density at radius 3 is 2.45 bits per heavy atom. The second-order valence-corrected chi connectivity index (χ2v) is 9.41. The van der Waals surface area contributed by atoms with Crippen molar-refractivity contribution in [2.75, 3.05) is 36.0 Å². The Bertz CT molecular complexity index is 835. The first-order valence-electron chi connectivity index (χ1n) is 11.2. The van der Waals surface area contributed by atoms with Gasteiger partial charge in [-0.3, -0.25) is 9.69 Å². The maximum atomic E-state index is 13.3. The van der Waals surface area contributed by atoms with Crippen molar-refractivity contribution in [3.05, 3.63) is 17.3 Å². The first-order valence-corrected chi connectivity index (χ1v) is 11.6. The van der Waals surface area contributed by atoms with Crippen LogP contribution in [-0.4, -0.2) is 70.4 Å². The van der Waals surface area contributed by atoms with Crippen LogP contribution in [-0.2, 0) is 4.79 Å². The molecule has 31 heavy (non-hydrogen) atoms. The molecule has 2 aliphatic heterocycles. The number of aliphatic hydroxyl groups excluding tert-OH is 1. The lowest BCUT2D eigenvalue weighted by atomic mass is 9.77. The van der Waals surface area contributed by atoms with Crippen LogP contribution in [0, 0.1) is 5.41 Å². The van der Waals surface area contributed by atoms with E-state index < -0.39 is 6.09 Å². The van der Waals surface area contributed by atoms with E-state index in [9.17, 15) is 19.8 Å². The molecule has 1 aromatic heterocycles. The van der Waals surface area contributed by atoms with E-state index in [2.05, 4.69) is 14.8 Å². The Hall–Kier alpha value is -2.06. The van der Waals surface area contributed by atoms with E-state index >= 15 is 0 Å². The summed E-state index contributed by atoms with van der Waals surface area (Å²) in [5.74, 6) is 0.924. The van der Waals surface area contributed by atoms with Crippen LogP contribution < -0.4 is 9.80 Å². The Morgan fingerprint density at radius 2 is 1.87 bits per heavy atom. The smallest absolute Gasteiger partial charge is 0.411 e. The Morgan fingerprint density at radius 1 is 1.23 bits per heavy atom. The van der Waals surface area contributed by atoms with E-state index in [0.29, 0.717) is 36.2 Å². The predicted molar refractivity (Wildman–Crippen MR) is 119 cm³/mol. The molecule has 3 aliphatic rings. The summed E-state index contributed by atoms with van der Waals surface area (Å²) in [7, 11) is 0. The van der Waals surface area contributed by atoms with Gasteiger partial charge in [0.25, 0.3) is 0 Å². The number of carbonyl (C=O) groups excluding carboxylic acids is 1. The summed E-state index contributed by atoms with van der Waals surface area (Å²) in [5, 5.41) is 19.5. The number of anilines is 2. The number of carboxylic acid groups (broad SMARTS) is 1. The van der Waals surface area contributed by atoms with Crippen LogP contribution in [0.3, 0.4) is 0 Å². The molecule has 2 amide bonds. The molecule has 1 aliphatic carbocycles. The SMILES string of the molecule is CCN(C(=O)O)c1cnc(N2CCC3(CC2)CCN(C2CCC(O)CC2)C3=O)c(Cl)c1. The molecule has 0 unspecified atom stereocenters. The highest BCUT2D eigenvalue weighted by Gasteiger charge is 2.50. The van der Waals surface area contributed by atoms with Crippen molar-refractivity contribution < 1.29 is 19.8 Å².